The molecule has 15 unspecified atom stereocenters. The van der Waals surface area contributed by atoms with Gasteiger partial charge in [0.15, 0.2) is 0 Å². The number of hydrogen-bond donors (Lipinski definition) is 0. The van der Waals surface area contributed by atoms with E-state index >= 15 is 0 Å². The first-order valence-electron chi connectivity index (χ1n) is 47.8. The van der Waals surface area contributed by atoms with E-state index in [4.69, 9.17) is 42.6 Å². The molecule has 16 bridgehead atoms. The first kappa shape index (κ1) is 89.6. The van der Waals surface area contributed by atoms with Crippen LogP contribution in [-0.2, 0) is 42.6 Å². The summed E-state index contributed by atoms with van der Waals surface area (Å²) >= 11 is 0. The van der Waals surface area contributed by atoms with Gasteiger partial charge in [-0.3, -0.25) is 0 Å². The molecular weight excluding hydrogens is 1310 g/mol. The average Bonchev–Trinajstić information content (AvgIpc) is 1.51. The van der Waals surface area contributed by atoms with E-state index in [-0.39, 0.29) is 0 Å². The zero-order chi connectivity index (χ0) is 75.5. The standard InChI is InChI=1S/2C12H20O.C12H22O.C12H24O.C11H20O.C10H18O.C10H20O.C9H16O.C9H18O/c1-2-13-12-6-9-3-10(7-12)5-11(4-9)8-12;1-2-13-12-10-4-8-3-9(6-10)7-11(12)5-8;1-5-13-10-8-9-6-7-12(10,4)11(9,2)3;1-5-13-12-8-10(4)6-7-11(12)9(2)3;1-2-12-6-5-11-8-9-3-4-10(11)7-9;1-2-11-7-10-6-8-3-4-9(10)5-8;1-2-11-9-8-10-6-4-3-5-7-10;1-2-10-9-6-7-3-4-8(9)5-7;1-2-10-8-9-6-4-3-5-7-9/h9-11H,2-8H2,1H3;8-12H,2-7H2,1H3;9-10H,5-8H2,1-4H3;9-12H,5-8H2,1-4H3;9-11H,2-8H2,1H3;8-10H,2-7H2,1H3;10H,2-9H2,1H3;7-9H,2-6H2,1H3;9H,2-8H2,1H3. The Labute approximate surface area is 657 Å². The van der Waals surface area contributed by atoms with Gasteiger partial charge in [-0.2, -0.15) is 0 Å². The molecule has 0 saturated heterocycles. The van der Waals surface area contributed by atoms with Gasteiger partial charge in [-0.25, -0.2) is 0 Å². The molecular formula is C97H178O9. The second-order valence-corrected chi connectivity index (χ2v) is 40.1. The second kappa shape index (κ2) is 46.4. The summed E-state index contributed by atoms with van der Waals surface area (Å²) in [5, 5.41) is 0. The predicted octanol–water partition coefficient (Wildman–Crippen LogP) is 25.7. The van der Waals surface area contributed by atoms with E-state index in [0.29, 0.717) is 40.8 Å². The van der Waals surface area contributed by atoms with Gasteiger partial charge in [0.05, 0.1) is 30.0 Å². The van der Waals surface area contributed by atoms with E-state index < -0.39 is 0 Å². The molecule has 0 aliphatic heterocycles. The van der Waals surface area contributed by atoms with E-state index in [0.717, 1.165) is 210 Å². The molecule has 0 heterocycles. The van der Waals surface area contributed by atoms with Crippen molar-refractivity contribution in [3.63, 3.8) is 0 Å². The summed E-state index contributed by atoms with van der Waals surface area (Å²) < 4.78 is 50.9. The summed E-state index contributed by atoms with van der Waals surface area (Å²) in [5.41, 5.74) is 1.31. The van der Waals surface area contributed by atoms with Gasteiger partial charge in [-0.15, -0.1) is 0 Å². The Kier molecular flexibility index (Phi) is 39.2. The number of hydrogen-bond acceptors (Lipinski definition) is 9. The normalized spacial score (nSPS) is 40.2. The van der Waals surface area contributed by atoms with Crippen molar-refractivity contribution in [3.05, 3.63) is 0 Å². The lowest BCUT2D eigenvalue weighted by atomic mass is 9.54. The maximum absolute atomic E-state index is 6.04. The summed E-state index contributed by atoms with van der Waals surface area (Å²) in [6, 6.07) is 0. The van der Waals surface area contributed by atoms with Gasteiger partial charge in [0.25, 0.3) is 0 Å². The molecule has 19 fully saturated rings. The Balaban J connectivity index is 0.000000138. The van der Waals surface area contributed by atoms with Crippen LogP contribution in [0.3, 0.4) is 0 Å². The Hall–Kier alpha value is -0.360. The van der Waals surface area contributed by atoms with Gasteiger partial charge < -0.3 is 42.6 Å². The van der Waals surface area contributed by atoms with Crippen molar-refractivity contribution in [2.24, 2.45) is 135 Å². The summed E-state index contributed by atoms with van der Waals surface area (Å²) in [4.78, 5) is 0. The van der Waals surface area contributed by atoms with Crippen molar-refractivity contribution >= 4 is 0 Å². The lowest BCUT2D eigenvalue weighted by Crippen LogP contribution is -2.51. The highest BCUT2D eigenvalue weighted by molar-refractivity contribution is 5.11. The quantitative estimate of drug-likeness (QED) is 0.0830. The number of fused-ring (bicyclic) bond motifs is 8. The molecule has 620 valence electrons. The largest absolute Gasteiger partial charge is 0.382 e. The topological polar surface area (TPSA) is 83.1 Å². The maximum atomic E-state index is 6.04. The van der Waals surface area contributed by atoms with Crippen molar-refractivity contribution < 1.29 is 42.6 Å². The zero-order valence-corrected chi connectivity index (χ0v) is 72.8. The van der Waals surface area contributed by atoms with Gasteiger partial charge in [0, 0.05) is 85.9 Å². The maximum Gasteiger partial charge on any atom is 0.0690 e. The second-order valence-electron chi connectivity index (χ2n) is 40.1. The van der Waals surface area contributed by atoms with Gasteiger partial charge in [0.2, 0.25) is 0 Å². The molecule has 19 saturated carbocycles. The van der Waals surface area contributed by atoms with E-state index in [1.807, 2.05) is 0 Å². The minimum absolute atomic E-state index is 0.351. The van der Waals surface area contributed by atoms with Crippen LogP contribution in [0.4, 0.5) is 0 Å². The van der Waals surface area contributed by atoms with Gasteiger partial charge in [-0.05, 0) is 390 Å². The SMILES string of the molecule is CCOC12CC3CC(CC(C3)C1)C2.CCOC1C2CC3CC(C2)CC1C3.CCOC1CC(C)CCC1C(C)C.CCOC1CC2CCC1(C)C2(C)C.CCOC1CC2CCC1C2.CCOCC1CC2CCC1C2.CCOCC1CCCCC1.CCOCCC1CC2CCC1C2.CCOCCC1CCCCC1. The third kappa shape index (κ3) is 26.3. The van der Waals surface area contributed by atoms with Crippen LogP contribution >= 0.6 is 0 Å². The molecule has 0 aromatic heterocycles. The van der Waals surface area contributed by atoms with Crippen LogP contribution < -0.4 is 0 Å². The molecule has 0 aromatic carbocycles. The highest BCUT2D eigenvalue weighted by Crippen LogP contribution is 2.66. The van der Waals surface area contributed by atoms with E-state index in [1.165, 1.54) is 257 Å². The third-order valence-electron chi connectivity index (χ3n) is 32.4. The van der Waals surface area contributed by atoms with Gasteiger partial charge in [0.1, 0.15) is 0 Å². The molecule has 0 radical (unpaired) electrons. The monoisotopic (exact) mass is 1490 g/mol. The van der Waals surface area contributed by atoms with Crippen LogP contribution in [0, 0.1) is 135 Å². The van der Waals surface area contributed by atoms with E-state index in [1.54, 1.807) is 6.42 Å². The fourth-order valence-electron chi connectivity index (χ4n) is 27.0. The fourth-order valence-corrected chi connectivity index (χ4v) is 27.0. The van der Waals surface area contributed by atoms with Crippen LogP contribution in [0.15, 0.2) is 0 Å². The molecule has 0 spiro atoms. The highest BCUT2D eigenvalue weighted by Gasteiger charge is 2.62. The van der Waals surface area contributed by atoms with E-state index in [9.17, 15) is 0 Å². The Morgan fingerprint density at radius 1 is 0.349 bits per heavy atom. The van der Waals surface area contributed by atoms with Gasteiger partial charge in [-0.1, -0.05) is 112 Å². The summed E-state index contributed by atoms with van der Waals surface area (Å²) in [7, 11) is 0. The molecule has 106 heavy (non-hydrogen) atoms. The molecule has 19 rings (SSSR count). The first-order valence-corrected chi connectivity index (χ1v) is 47.8. The molecule has 9 heteroatoms. The van der Waals surface area contributed by atoms with Crippen LogP contribution in [0.1, 0.15) is 367 Å². The number of ether oxygens (including phenoxy) is 9. The molecule has 15 atom stereocenters. The Bertz CT molecular complexity index is 2230. The molecule has 0 amide bonds. The molecule has 19 aliphatic rings. The molecule has 0 N–H and O–H groups in total. The van der Waals surface area contributed by atoms with Crippen molar-refractivity contribution in [1.29, 1.82) is 0 Å². The van der Waals surface area contributed by atoms with Crippen LogP contribution in [0.25, 0.3) is 0 Å². The van der Waals surface area contributed by atoms with Crippen molar-refractivity contribution in [2.45, 2.75) is 397 Å². The number of rotatable bonds is 25. The summed E-state index contributed by atoms with van der Waals surface area (Å²) in [6.45, 7) is 45.3. The van der Waals surface area contributed by atoms with Crippen LogP contribution in [-0.4, -0.2) is 116 Å². The van der Waals surface area contributed by atoms with E-state index in [2.05, 4.69) is 104 Å². The van der Waals surface area contributed by atoms with Crippen LogP contribution in [0.5, 0.6) is 0 Å². The minimum Gasteiger partial charge on any atom is -0.382 e. The van der Waals surface area contributed by atoms with Crippen molar-refractivity contribution in [1.82, 2.24) is 0 Å². The third-order valence-corrected chi connectivity index (χ3v) is 32.4. The van der Waals surface area contributed by atoms with Crippen molar-refractivity contribution in [2.75, 3.05) is 85.9 Å². The molecule has 19 aliphatic carbocycles. The molecule has 9 nitrogen and oxygen atoms in total. The Morgan fingerprint density at radius 2 is 0.830 bits per heavy atom. The minimum atomic E-state index is 0.351. The van der Waals surface area contributed by atoms with Crippen molar-refractivity contribution in [3.8, 4) is 0 Å². The van der Waals surface area contributed by atoms with Crippen LogP contribution in [0.2, 0.25) is 0 Å². The fraction of sp³-hybridized carbons (Fsp3) is 1.00. The first-order chi connectivity index (χ1) is 51.4. The average molecular weight is 1490 g/mol. The predicted molar refractivity (Wildman–Crippen MR) is 443 cm³/mol. The lowest BCUT2D eigenvalue weighted by molar-refractivity contribution is -0.159. The smallest absolute Gasteiger partial charge is 0.0690 e. The lowest BCUT2D eigenvalue weighted by Gasteiger charge is -2.56. The highest BCUT2D eigenvalue weighted by atomic mass is 16.5. The summed E-state index contributed by atoms with van der Waals surface area (Å²) in [5.74, 6) is 20.5. The zero-order valence-electron chi connectivity index (χ0n) is 72.8. The molecule has 0 aromatic rings. The Morgan fingerprint density at radius 3 is 1.28 bits per heavy atom. The van der Waals surface area contributed by atoms with Gasteiger partial charge >= 0.3 is 0 Å². The summed E-state index contributed by atoms with van der Waals surface area (Å²) in [6.07, 6.45) is 61.5.